The lowest BCUT2D eigenvalue weighted by molar-refractivity contribution is -0.122. The Morgan fingerprint density at radius 2 is 1.40 bits per heavy atom. The van der Waals surface area contributed by atoms with Crippen LogP contribution in [0, 0.1) is 0 Å². The van der Waals surface area contributed by atoms with Gasteiger partial charge in [0.1, 0.15) is 11.5 Å². The van der Waals surface area contributed by atoms with Gasteiger partial charge in [0.2, 0.25) is 0 Å². The summed E-state index contributed by atoms with van der Waals surface area (Å²) in [6.07, 6.45) is -0.0986. The Labute approximate surface area is 175 Å². The van der Waals surface area contributed by atoms with Gasteiger partial charge in [-0.15, -0.1) is 0 Å². The highest BCUT2D eigenvalue weighted by Crippen LogP contribution is 2.18. The number of anilines is 2. The number of benzene rings is 3. The van der Waals surface area contributed by atoms with Gasteiger partial charge >= 0.3 is 0 Å². The lowest BCUT2D eigenvalue weighted by Gasteiger charge is -2.17. The van der Waals surface area contributed by atoms with E-state index in [0.717, 1.165) is 0 Å². The molecule has 1 atom stereocenters. The molecule has 0 aromatic heterocycles. The summed E-state index contributed by atoms with van der Waals surface area (Å²) < 4.78 is 11.2. The third-order valence-corrected chi connectivity index (χ3v) is 4.21. The molecule has 3 aromatic carbocycles. The first-order valence-corrected chi connectivity index (χ1v) is 9.74. The van der Waals surface area contributed by atoms with Crippen LogP contribution in [0.5, 0.6) is 11.5 Å². The minimum absolute atomic E-state index is 0.108. The van der Waals surface area contributed by atoms with Crippen LogP contribution < -0.4 is 20.1 Å². The van der Waals surface area contributed by atoms with E-state index in [0.29, 0.717) is 29.3 Å². The highest BCUT2D eigenvalue weighted by molar-refractivity contribution is 5.96. The van der Waals surface area contributed by atoms with E-state index in [4.69, 9.17) is 9.47 Å². The van der Waals surface area contributed by atoms with Crippen molar-refractivity contribution < 1.29 is 19.1 Å². The maximum atomic E-state index is 12.6. The highest BCUT2D eigenvalue weighted by atomic mass is 16.5. The summed E-state index contributed by atoms with van der Waals surface area (Å²) >= 11 is 0. The number of hydrogen-bond acceptors (Lipinski definition) is 4. The third-order valence-electron chi connectivity index (χ3n) is 4.21. The molecule has 3 rings (SSSR count). The van der Waals surface area contributed by atoms with Gasteiger partial charge in [0.25, 0.3) is 11.8 Å². The zero-order chi connectivity index (χ0) is 21.2. The number of ether oxygens (including phenoxy) is 2. The molecule has 0 aliphatic rings. The van der Waals surface area contributed by atoms with E-state index in [-0.39, 0.29) is 18.4 Å². The predicted molar refractivity (Wildman–Crippen MR) is 117 cm³/mol. The summed E-state index contributed by atoms with van der Waals surface area (Å²) in [7, 11) is 0. The third kappa shape index (κ3) is 6.38. The van der Waals surface area contributed by atoms with Crippen molar-refractivity contribution in [2.45, 2.75) is 19.4 Å². The molecule has 0 saturated heterocycles. The minimum Gasteiger partial charge on any atom is -0.484 e. The molecule has 0 aliphatic carbocycles. The summed E-state index contributed by atoms with van der Waals surface area (Å²) in [5.74, 6) is 0.718. The molecule has 3 aromatic rings. The maximum absolute atomic E-state index is 12.6. The smallest absolute Gasteiger partial charge is 0.265 e. The van der Waals surface area contributed by atoms with E-state index in [1.807, 2.05) is 55.5 Å². The molecule has 154 valence electrons. The van der Waals surface area contributed by atoms with Crippen LogP contribution in [0.3, 0.4) is 0 Å². The molecule has 30 heavy (non-hydrogen) atoms. The van der Waals surface area contributed by atoms with Gasteiger partial charge in [0, 0.05) is 11.4 Å². The molecule has 0 saturated carbocycles. The van der Waals surface area contributed by atoms with Gasteiger partial charge in [0.05, 0.1) is 0 Å². The quantitative estimate of drug-likeness (QED) is 0.551. The summed E-state index contributed by atoms with van der Waals surface area (Å²) in [6.45, 7) is 1.78. The lowest BCUT2D eigenvalue weighted by atomic mass is 10.2. The molecule has 2 amide bonds. The van der Waals surface area contributed by atoms with Gasteiger partial charge < -0.3 is 20.1 Å². The van der Waals surface area contributed by atoms with Crippen molar-refractivity contribution in [3.8, 4) is 11.5 Å². The number of hydrogen-bond donors (Lipinski definition) is 2. The molecule has 6 heteroatoms. The lowest BCUT2D eigenvalue weighted by Crippen LogP contribution is -2.32. The molecule has 0 aliphatic heterocycles. The van der Waals surface area contributed by atoms with E-state index in [2.05, 4.69) is 10.6 Å². The van der Waals surface area contributed by atoms with Crippen LogP contribution in [0.2, 0.25) is 0 Å². The molecular formula is C24H24N2O4. The van der Waals surface area contributed by atoms with E-state index in [1.165, 1.54) is 0 Å². The van der Waals surface area contributed by atoms with Gasteiger partial charge in [-0.2, -0.15) is 0 Å². The Morgan fingerprint density at radius 3 is 2.03 bits per heavy atom. The van der Waals surface area contributed by atoms with Gasteiger partial charge in [-0.05, 0) is 48.9 Å². The van der Waals surface area contributed by atoms with Crippen LogP contribution >= 0.6 is 0 Å². The Kier molecular flexibility index (Phi) is 7.44. The number of amides is 2. The summed E-state index contributed by atoms with van der Waals surface area (Å²) in [5.41, 5.74) is 1.13. The molecule has 0 heterocycles. The fourth-order valence-electron chi connectivity index (χ4n) is 2.75. The standard InChI is InChI=1S/C24H24N2O4/c1-2-22(30-21-14-7-4-8-15-21)24(28)26-19-11-9-10-18(16-19)25-23(27)17-29-20-12-5-3-6-13-20/h3-16,22H,2,17H2,1H3,(H,25,27)(H,26,28). The van der Waals surface area contributed by atoms with Crippen molar-refractivity contribution in [1.29, 1.82) is 0 Å². The van der Waals surface area contributed by atoms with Crippen molar-refractivity contribution in [3.63, 3.8) is 0 Å². The van der Waals surface area contributed by atoms with E-state index in [9.17, 15) is 9.59 Å². The summed E-state index contributed by atoms with van der Waals surface area (Å²) in [6, 6.07) is 25.3. The Morgan fingerprint density at radius 1 is 0.800 bits per heavy atom. The predicted octanol–water partition coefficient (Wildman–Crippen LogP) is 4.50. The second kappa shape index (κ2) is 10.7. The summed E-state index contributed by atoms with van der Waals surface area (Å²) in [4.78, 5) is 24.7. The zero-order valence-corrected chi connectivity index (χ0v) is 16.7. The van der Waals surface area contributed by atoms with E-state index >= 15 is 0 Å². The van der Waals surface area contributed by atoms with Crippen LogP contribution in [-0.2, 0) is 9.59 Å². The molecule has 0 spiro atoms. The molecule has 1 unspecified atom stereocenters. The van der Waals surface area contributed by atoms with E-state index in [1.54, 1.807) is 36.4 Å². The number of nitrogens with one attached hydrogen (secondary N) is 2. The SMILES string of the molecule is CCC(Oc1ccccc1)C(=O)Nc1cccc(NC(=O)COc2ccccc2)c1. The molecule has 0 bridgehead atoms. The first-order valence-electron chi connectivity index (χ1n) is 9.74. The normalized spacial score (nSPS) is 11.2. The Balaban J connectivity index is 1.55. The van der Waals surface area contributed by atoms with Crippen LogP contribution in [0.1, 0.15) is 13.3 Å². The first-order chi connectivity index (χ1) is 14.6. The van der Waals surface area contributed by atoms with Crippen molar-refractivity contribution in [2.24, 2.45) is 0 Å². The zero-order valence-electron chi connectivity index (χ0n) is 16.7. The van der Waals surface area contributed by atoms with Gasteiger partial charge in [-0.1, -0.05) is 49.4 Å². The Bertz CT molecular complexity index is 961. The largest absolute Gasteiger partial charge is 0.484 e. The maximum Gasteiger partial charge on any atom is 0.265 e. The van der Waals surface area contributed by atoms with Crippen molar-refractivity contribution >= 4 is 23.2 Å². The molecule has 2 N–H and O–H groups in total. The average Bonchev–Trinajstić information content (AvgIpc) is 2.77. The van der Waals surface area contributed by atoms with Gasteiger partial charge in [-0.3, -0.25) is 9.59 Å². The van der Waals surface area contributed by atoms with Crippen molar-refractivity contribution in [3.05, 3.63) is 84.9 Å². The fraction of sp³-hybridized carbons (Fsp3) is 0.167. The van der Waals surface area contributed by atoms with Crippen LogP contribution in [0.15, 0.2) is 84.9 Å². The van der Waals surface area contributed by atoms with Gasteiger partial charge in [-0.25, -0.2) is 0 Å². The second-order valence-electron chi connectivity index (χ2n) is 6.55. The number of para-hydroxylation sites is 2. The summed E-state index contributed by atoms with van der Waals surface area (Å²) in [5, 5.41) is 5.60. The number of carbonyl (C=O) groups excluding carboxylic acids is 2. The molecule has 0 radical (unpaired) electrons. The van der Waals surface area contributed by atoms with Crippen LogP contribution in [-0.4, -0.2) is 24.5 Å². The number of rotatable bonds is 9. The van der Waals surface area contributed by atoms with Gasteiger partial charge in [0.15, 0.2) is 12.7 Å². The Hall–Kier alpha value is -3.80. The molecule has 0 fully saturated rings. The highest BCUT2D eigenvalue weighted by Gasteiger charge is 2.18. The first kappa shape index (κ1) is 20.9. The second-order valence-corrected chi connectivity index (χ2v) is 6.55. The fourth-order valence-corrected chi connectivity index (χ4v) is 2.75. The molecular weight excluding hydrogens is 380 g/mol. The minimum atomic E-state index is -0.620. The average molecular weight is 404 g/mol. The van der Waals surface area contributed by atoms with E-state index < -0.39 is 6.10 Å². The van der Waals surface area contributed by atoms with Crippen LogP contribution in [0.4, 0.5) is 11.4 Å². The topological polar surface area (TPSA) is 76.7 Å². The van der Waals surface area contributed by atoms with Crippen molar-refractivity contribution in [1.82, 2.24) is 0 Å². The number of carbonyl (C=O) groups is 2. The molecule has 6 nitrogen and oxygen atoms in total. The van der Waals surface area contributed by atoms with Crippen molar-refractivity contribution in [2.75, 3.05) is 17.2 Å². The van der Waals surface area contributed by atoms with Crippen LogP contribution in [0.25, 0.3) is 0 Å². The monoisotopic (exact) mass is 404 g/mol.